The van der Waals surface area contributed by atoms with E-state index in [1.165, 1.54) is 0 Å². The van der Waals surface area contributed by atoms with Gasteiger partial charge in [0.15, 0.2) is 5.60 Å². The molecule has 5 rings (SSSR count). The topological polar surface area (TPSA) is 80.3 Å². The lowest BCUT2D eigenvalue weighted by atomic mass is 9.77. The monoisotopic (exact) mass is 571 g/mol. The number of hydrogen-bond acceptors (Lipinski definition) is 7. The number of anilines is 2. The summed E-state index contributed by atoms with van der Waals surface area (Å²) in [4.78, 5) is 30.6. The van der Waals surface area contributed by atoms with Gasteiger partial charge in [-0.2, -0.15) is 0 Å². The van der Waals surface area contributed by atoms with Crippen LogP contribution in [0.5, 0.6) is 11.5 Å². The molecule has 0 saturated heterocycles. The number of benzene rings is 3. The molecule has 0 aliphatic carbocycles. The summed E-state index contributed by atoms with van der Waals surface area (Å²) in [6, 6.07) is 17.0. The Labute approximate surface area is 248 Å². The molecule has 2 aliphatic rings. The lowest BCUT2D eigenvalue weighted by Gasteiger charge is -2.37. The third-order valence-corrected chi connectivity index (χ3v) is 7.88. The summed E-state index contributed by atoms with van der Waals surface area (Å²) < 4.78 is 18.4. The number of rotatable bonds is 11. The summed E-state index contributed by atoms with van der Waals surface area (Å²) in [5.41, 5.74) is 3.71. The standard InChI is InChI=1S/C34H41N3O5/c1-22(2)40-18-10-8-7-9-17-35-32(38)23-11-14-26-29(19-23)34(42-33(26)39)27-15-12-24(36(3)4)20-30(27)41-31-21-25(37(5)6)13-16-28(31)34/h11-16,19-22H,7-10,17-18H2,1-6H3,(H,35,38). The number of nitrogens with one attached hydrogen (secondary N) is 1. The Balaban J connectivity index is 1.45. The maximum atomic E-state index is 13.4. The van der Waals surface area contributed by atoms with Gasteiger partial charge in [0, 0.05) is 87.1 Å². The number of carbonyl (C=O) groups excluding carboxylic acids is 2. The maximum Gasteiger partial charge on any atom is 0.340 e. The van der Waals surface area contributed by atoms with Crippen LogP contribution in [0.4, 0.5) is 11.4 Å². The number of hydrogen-bond donors (Lipinski definition) is 1. The Morgan fingerprint density at radius 2 is 1.45 bits per heavy atom. The van der Waals surface area contributed by atoms with Crippen LogP contribution in [0.1, 0.15) is 76.9 Å². The normalized spacial score (nSPS) is 14.1. The molecule has 8 nitrogen and oxygen atoms in total. The van der Waals surface area contributed by atoms with Gasteiger partial charge in [0.25, 0.3) is 5.91 Å². The summed E-state index contributed by atoms with van der Waals surface area (Å²) in [7, 11) is 7.87. The summed E-state index contributed by atoms with van der Waals surface area (Å²) in [5.74, 6) is 0.622. The van der Waals surface area contributed by atoms with E-state index in [1.807, 2.05) is 88.2 Å². The van der Waals surface area contributed by atoms with Crippen molar-refractivity contribution in [2.24, 2.45) is 0 Å². The van der Waals surface area contributed by atoms with Crippen molar-refractivity contribution in [3.05, 3.63) is 82.4 Å². The van der Waals surface area contributed by atoms with Gasteiger partial charge >= 0.3 is 5.97 Å². The van der Waals surface area contributed by atoms with Crippen molar-refractivity contribution in [3.8, 4) is 11.5 Å². The van der Waals surface area contributed by atoms with E-state index in [2.05, 4.69) is 5.32 Å². The summed E-state index contributed by atoms with van der Waals surface area (Å²) >= 11 is 0. The molecule has 1 spiro atoms. The van der Waals surface area contributed by atoms with E-state index in [0.29, 0.717) is 34.7 Å². The Kier molecular flexibility index (Phi) is 8.45. The first kappa shape index (κ1) is 29.5. The molecule has 0 radical (unpaired) electrons. The quantitative estimate of drug-likeness (QED) is 0.220. The molecule has 0 fully saturated rings. The highest BCUT2D eigenvalue weighted by molar-refractivity contribution is 6.00. The van der Waals surface area contributed by atoms with Crippen molar-refractivity contribution in [3.63, 3.8) is 0 Å². The Morgan fingerprint density at radius 1 is 0.833 bits per heavy atom. The highest BCUT2D eigenvalue weighted by Gasteiger charge is 2.54. The third-order valence-electron chi connectivity index (χ3n) is 7.88. The van der Waals surface area contributed by atoms with Crippen molar-refractivity contribution < 1.29 is 23.8 Å². The molecule has 0 unspecified atom stereocenters. The molecule has 3 aromatic carbocycles. The fourth-order valence-electron chi connectivity index (χ4n) is 5.60. The van der Waals surface area contributed by atoms with Crippen molar-refractivity contribution in [2.75, 3.05) is 51.1 Å². The molecule has 1 amide bonds. The third kappa shape index (κ3) is 5.55. The first-order valence-electron chi connectivity index (χ1n) is 14.7. The van der Waals surface area contributed by atoms with E-state index >= 15 is 0 Å². The zero-order chi connectivity index (χ0) is 30.0. The first-order valence-corrected chi connectivity index (χ1v) is 14.7. The molecular formula is C34H41N3O5. The minimum Gasteiger partial charge on any atom is -0.456 e. The van der Waals surface area contributed by atoms with Crippen LogP contribution in [0.2, 0.25) is 0 Å². The lowest BCUT2D eigenvalue weighted by molar-refractivity contribution is 0.0224. The minimum absolute atomic E-state index is 0.172. The second-order valence-corrected chi connectivity index (χ2v) is 11.7. The molecule has 2 aliphatic heterocycles. The SMILES string of the molecule is CC(C)OCCCCCCNC(=O)c1ccc2c(c1)C1(OC2=O)c2ccc(N(C)C)cc2Oc2cc(N(C)C)ccc21. The molecule has 8 heteroatoms. The van der Waals surface area contributed by atoms with Crippen LogP contribution >= 0.6 is 0 Å². The molecule has 42 heavy (non-hydrogen) atoms. The van der Waals surface area contributed by atoms with Gasteiger partial charge in [0.1, 0.15) is 11.5 Å². The molecule has 1 N–H and O–H groups in total. The summed E-state index contributed by atoms with van der Waals surface area (Å²) in [5, 5.41) is 3.05. The Morgan fingerprint density at radius 3 is 2.05 bits per heavy atom. The van der Waals surface area contributed by atoms with Crippen molar-refractivity contribution in [1.29, 1.82) is 0 Å². The van der Waals surface area contributed by atoms with Crippen LogP contribution in [0, 0.1) is 0 Å². The average molecular weight is 572 g/mol. The van der Waals surface area contributed by atoms with Crippen LogP contribution in [-0.2, 0) is 15.1 Å². The molecule has 3 aromatic rings. The van der Waals surface area contributed by atoms with Crippen molar-refractivity contribution in [1.82, 2.24) is 5.32 Å². The van der Waals surface area contributed by atoms with E-state index in [1.54, 1.807) is 18.2 Å². The summed E-state index contributed by atoms with van der Waals surface area (Å²) in [6.45, 7) is 5.44. The Bertz CT molecular complexity index is 1420. The van der Waals surface area contributed by atoms with E-state index in [0.717, 1.165) is 54.8 Å². The van der Waals surface area contributed by atoms with Gasteiger partial charge in [0.2, 0.25) is 0 Å². The number of unbranched alkanes of at least 4 members (excludes halogenated alkanes) is 3. The molecule has 0 aromatic heterocycles. The van der Waals surface area contributed by atoms with E-state index < -0.39 is 11.6 Å². The van der Waals surface area contributed by atoms with Crippen LogP contribution in [0.15, 0.2) is 54.6 Å². The van der Waals surface area contributed by atoms with E-state index in [4.69, 9.17) is 14.2 Å². The Hall–Kier alpha value is -4.04. The molecule has 0 saturated carbocycles. The minimum atomic E-state index is -1.24. The van der Waals surface area contributed by atoms with Gasteiger partial charge in [-0.25, -0.2) is 4.79 Å². The van der Waals surface area contributed by atoms with Gasteiger partial charge in [0.05, 0.1) is 11.7 Å². The van der Waals surface area contributed by atoms with Gasteiger partial charge in [-0.15, -0.1) is 0 Å². The van der Waals surface area contributed by atoms with Gasteiger partial charge in [-0.1, -0.05) is 12.8 Å². The maximum absolute atomic E-state index is 13.4. The molecule has 222 valence electrons. The van der Waals surface area contributed by atoms with Crippen LogP contribution in [0.25, 0.3) is 0 Å². The average Bonchev–Trinajstić information content (AvgIpc) is 3.25. The number of nitrogens with zero attached hydrogens (tertiary/aromatic N) is 2. The van der Waals surface area contributed by atoms with Crippen LogP contribution < -0.4 is 19.9 Å². The first-order chi connectivity index (χ1) is 20.1. The smallest absolute Gasteiger partial charge is 0.340 e. The van der Waals surface area contributed by atoms with Crippen LogP contribution in [0.3, 0.4) is 0 Å². The molecule has 2 heterocycles. The summed E-state index contributed by atoms with van der Waals surface area (Å²) in [6.07, 6.45) is 4.26. The second-order valence-electron chi connectivity index (χ2n) is 11.7. The zero-order valence-corrected chi connectivity index (χ0v) is 25.5. The highest BCUT2D eigenvalue weighted by atomic mass is 16.6. The van der Waals surface area contributed by atoms with E-state index in [-0.39, 0.29) is 12.0 Å². The fraction of sp³-hybridized carbons (Fsp3) is 0.412. The molecule has 0 atom stereocenters. The largest absolute Gasteiger partial charge is 0.456 e. The zero-order valence-electron chi connectivity index (χ0n) is 25.5. The lowest BCUT2D eigenvalue weighted by Crippen LogP contribution is -2.33. The van der Waals surface area contributed by atoms with Crippen molar-refractivity contribution in [2.45, 2.75) is 51.2 Å². The van der Waals surface area contributed by atoms with Crippen molar-refractivity contribution >= 4 is 23.3 Å². The number of ether oxygens (including phenoxy) is 3. The predicted molar refractivity (Wildman–Crippen MR) is 165 cm³/mol. The fourth-order valence-corrected chi connectivity index (χ4v) is 5.60. The van der Waals surface area contributed by atoms with Crippen LogP contribution in [-0.4, -0.2) is 59.3 Å². The number of esters is 1. The van der Waals surface area contributed by atoms with Gasteiger partial charge in [-0.3, -0.25) is 4.79 Å². The predicted octanol–water partition coefficient (Wildman–Crippen LogP) is 6.10. The number of amides is 1. The van der Waals surface area contributed by atoms with Gasteiger partial charge < -0.3 is 29.3 Å². The second kappa shape index (κ2) is 12.1. The van der Waals surface area contributed by atoms with Gasteiger partial charge in [-0.05, 0) is 69.2 Å². The highest BCUT2D eigenvalue weighted by Crippen LogP contribution is 2.57. The number of fused-ring (bicyclic) bond motifs is 6. The molecular weight excluding hydrogens is 530 g/mol. The molecule has 0 bridgehead atoms. The number of carbonyl (C=O) groups is 2. The van der Waals surface area contributed by atoms with E-state index in [9.17, 15) is 9.59 Å².